The summed E-state index contributed by atoms with van der Waals surface area (Å²) in [5, 5.41) is 12.3. The van der Waals surface area contributed by atoms with Gasteiger partial charge in [0, 0.05) is 11.1 Å². The normalized spacial score (nSPS) is 10.4. The maximum atomic E-state index is 13.3. The minimum Gasteiger partial charge on any atom is -0.390 e. The quantitative estimate of drug-likeness (QED) is 0.633. The zero-order valence-electron chi connectivity index (χ0n) is 10.3. The van der Waals surface area contributed by atoms with Crippen LogP contribution in [-0.4, -0.2) is 6.21 Å². The molecule has 0 fully saturated rings. The first-order valence-corrected chi connectivity index (χ1v) is 5.72. The molecule has 0 saturated carbocycles. The van der Waals surface area contributed by atoms with E-state index < -0.39 is 11.6 Å². The van der Waals surface area contributed by atoms with Gasteiger partial charge in [0.05, 0.1) is 11.6 Å². The lowest BCUT2D eigenvalue weighted by Gasteiger charge is -2.01. The van der Waals surface area contributed by atoms with Crippen LogP contribution in [0.25, 0.3) is 0 Å². The van der Waals surface area contributed by atoms with Gasteiger partial charge < -0.3 is 4.84 Å². The van der Waals surface area contributed by atoms with E-state index in [2.05, 4.69) is 11.4 Å². The third-order valence-electron chi connectivity index (χ3n) is 2.48. The van der Waals surface area contributed by atoms with Crippen molar-refractivity contribution in [2.45, 2.75) is 6.61 Å². The first-order valence-electron chi connectivity index (χ1n) is 5.72. The minimum atomic E-state index is -0.950. The van der Waals surface area contributed by atoms with Crippen molar-refractivity contribution in [2.24, 2.45) is 5.16 Å². The summed E-state index contributed by atoms with van der Waals surface area (Å²) in [6.07, 6.45) is 2.56. The molecule has 0 spiro atoms. The number of nitriles is 1. The zero-order valence-corrected chi connectivity index (χ0v) is 10.3. The van der Waals surface area contributed by atoms with Crippen molar-refractivity contribution in [3.63, 3.8) is 0 Å². The van der Waals surface area contributed by atoms with Crippen molar-refractivity contribution in [1.82, 2.24) is 0 Å². The van der Waals surface area contributed by atoms with Crippen molar-refractivity contribution in [3.05, 3.63) is 70.8 Å². The Bertz CT molecular complexity index is 678. The first-order chi connectivity index (χ1) is 9.70. The summed E-state index contributed by atoms with van der Waals surface area (Å²) in [5.41, 5.74) is 1.10. The molecular formula is C15H9F2N2O. The molecule has 3 nitrogen and oxygen atoms in total. The second kappa shape index (κ2) is 6.43. The lowest BCUT2D eigenvalue weighted by Crippen LogP contribution is -1.95. The van der Waals surface area contributed by atoms with E-state index >= 15 is 0 Å². The number of rotatable bonds is 4. The Morgan fingerprint density at radius 1 is 1.10 bits per heavy atom. The van der Waals surface area contributed by atoms with Crippen LogP contribution in [0.5, 0.6) is 0 Å². The molecule has 99 valence electrons. The summed E-state index contributed by atoms with van der Waals surface area (Å²) < 4.78 is 26.2. The highest BCUT2D eigenvalue weighted by atomic mass is 19.2. The zero-order chi connectivity index (χ0) is 14.4. The fraction of sp³-hybridized carbons (Fsp3) is 0.0667. The Hall–Kier alpha value is -2.74. The van der Waals surface area contributed by atoms with Crippen LogP contribution in [0.3, 0.4) is 0 Å². The van der Waals surface area contributed by atoms with Crippen molar-refractivity contribution in [1.29, 1.82) is 5.26 Å². The van der Waals surface area contributed by atoms with Crippen molar-refractivity contribution >= 4 is 6.21 Å². The summed E-state index contributed by atoms with van der Waals surface area (Å²) in [4.78, 5) is 4.86. The summed E-state index contributed by atoms with van der Waals surface area (Å²) in [7, 11) is 0. The molecule has 1 radical (unpaired) electrons. The molecule has 2 rings (SSSR count). The smallest absolute Gasteiger partial charge is 0.165 e. The molecule has 0 heterocycles. The van der Waals surface area contributed by atoms with Gasteiger partial charge in [-0.25, -0.2) is 8.78 Å². The standard InChI is InChI=1S/C15H9F2N2O/c16-14-6-2-5-13(15(14)17)10-20-19-9-12-4-1-3-11(7-12)8-18/h1-7H,10H2. The molecular weight excluding hydrogens is 262 g/mol. The van der Waals surface area contributed by atoms with Crippen LogP contribution in [-0.2, 0) is 11.4 Å². The van der Waals surface area contributed by atoms with Gasteiger partial charge in [0.25, 0.3) is 0 Å². The molecule has 5 heteroatoms. The fourth-order valence-electron chi connectivity index (χ4n) is 1.51. The van der Waals surface area contributed by atoms with Gasteiger partial charge in [-0.15, -0.1) is 0 Å². The van der Waals surface area contributed by atoms with Crippen LogP contribution in [0.1, 0.15) is 16.7 Å². The highest BCUT2D eigenvalue weighted by Crippen LogP contribution is 2.12. The topological polar surface area (TPSA) is 45.4 Å². The molecule has 2 aromatic rings. The van der Waals surface area contributed by atoms with Crippen molar-refractivity contribution < 1.29 is 13.6 Å². The maximum absolute atomic E-state index is 13.3. The van der Waals surface area contributed by atoms with Crippen LogP contribution >= 0.6 is 0 Å². The van der Waals surface area contributed by atoms with Gasteiger partial charge in [-0.2, -0.15) is 5.26 Å². The van der Waals surface area contributed by atoms with Crippen LogP contribution in [0, 0.1) is 23.0 Å². The Balaban J connectivity index is 1.97. The summed E-state index contributed by atoms with van der Waals surface area (Å²) >= 11 is 0. The van der Waals surface area contributed by atoms with Gasteiger partial charge in [0.15, 0.2) is 11.6 Å². The molecule has 0 aliphatic heterocycles. The number of hydrogen-bond donors (Lipinski definition) is 0. The molecule has 0 amide bonds. The molecule has 0 aliphatic carbocycles. The molecule has 20 heavy (non-hydrogen) atoms. The van der Waals surface area contributed by atoms with Crippen LogP contribution in [0.15, 0.2) is 47.6 Å². The molecule has 0 aliphatic rings. The Kier molecular flexibility index (Phi) is 4.40. The van der Waals surface area contributed by atoms with Gasteiger partial charge in [-0.3, -0.25) is 0 Å². The molecule has 0 atom stereocenters. The third kappa shape index (κ3) is 3.39. The number of benzene rings is 2. The van der Waals surface area contributed by atoms with Gasteiger partial charge in [-0.1, -0.05) is 29.4 Å². The van der Waals surface area contributed by atoms with E-state index in [-0.39, 0.29) is 12.2 Å². The summed E-state index contributed by atoms with van der Waals surface area (Å²) in [5.74, 6) is -1.88. The highest BCUT2D eigenvalue weighted by molar-refractivity contribution is 5.79. The Labute approximate surface area is 114 Å². The first kappa shape index (κ1) is 13.7. The lowest BCUT2D eigenvalue weighted by molar-refractivity contribution is 0.129. The van der Waals surface area contributed by atoms with E-state index in [1.54, 1.807) is 24.3 Å². The molecule has 0 saturated heterocycles. The van der Waals surface area contributed by atoms with Crippen LogP contribution in [0.4, 0.5) is 8.78 Å². The van der Waals surface area contributed by atoms with E-state index in [0.29, 0.717) is 11.1 Å². The van der Waals surface area contributed by atoms with E-state index in [9.17, 15) is 8.78 Å². The Morgan fingerprint density at radius 2 is 1.85 bits per heavy atom. The molecule has 0 N–H and O–H groups in total. The van der Waals surface area contributed by atoms with E-state index in [1.807, 2.05) is 6.07 Å². The largest absolute Gasteiger partial charge is 0.390 e. The Morgan fingerprint density at radius 3 is 2.65 bits per heavy atom. The van der Waals surface area contributed by atoms with Gasteiger partial charge in [0.2, 0.25) is 0 Å². The molecule has 2 aromatic carbocycles. The molecule has 0 aromatic heterocycles. The van der Waals surface area contributed by atoms with Gasteiger partial charge >= 0.3 is 0 Å². The highest BCUT2D eigenvalue weighted by Gasteiger charge is 2.07. The molecule has 0 unspecified atom stereocenters. The number of nitrogens with zero attached hydrogens (tertiary/aromatic N) is 2. The number of hydrogen-bond acceptors (Lipinski definition) is 3. The van der Waals surface area contributed by atoms with E-state index in [4.69, 9.17) is 10.1 Å². The minimum absolute atomic E-state index is 0.0707. The lowest BCUT2D eigenvalue weighted by atomic mass is 10.1. The fourth-order valence-corrected chi connectivity index (χ4v) is 1.51. The summed E-state index contributed by atoms with van der Waals surface area (Å²) in [6, 6.07) is 12.4. The van der Waals surface area contributed by atoms with E-state index in [1.165, 1.54) is 12.1 Å². The second-order valence-electron chi connectivity index (χ2n) is 3.88. The maximum Gasteiger partial charge on any atom is 0.165 e. The van der Waals surface area contributed by atoms with Crippen molar-refractivity contribution in [3.8, 4) is 6.07 Å². The average molecular weight is 271 g/mol. The average Bonchev–Trinajstić information content (AvgIpc) is 2.48. The van der Waals surface area contributed by atoms with Crippen molar-refractivity contribution in [2.75, 3.05) is 0 Å². The monoisotopic (exact) mass is 271 g/mol. The summed E-state index contributed by atoms with van der Waals surface area (Å²) in [6.45, 7) is -0.200. The van der Waals surface area contributed by atoms with Crippen LogP contribution in [0.2, 0.25) is 0 Å². The second-order valence-corrected chi connectivity index (χ2v) is 3.88. The van der Waals surface area contributed by atoms with Gasteiger partial charge in [-0.05, 0) is 18.2 Å². The molecule has 0 bridgehead atoms. The SMILES string of the molecule is N#Cc1cccc(/[C]=N\OCc2cccc(F)c2F)c1. The van der Waals surface area contributed by atoms with Crippen LogP contribution < -0.4 is 0 Å². The number of halogens is 2. The predicted octanol–water partition coefficient (Wildman–Crippen LogP) is 3.26. The van der Waals surface area contributed by atoms with Gasteiger partial charge in [0.1, 0.15) is 12.8 Å². The predicted molar refractivity (Wildman–Crippen MR) is 68.8 cm³/mol. The van der Waals surface area contributed by atoms with E-state index in [0.717, 1.165) is 6.07 Å². The third-order valence-corrected chi connectivity index (χ3v) is 2.48.